The number of hydrogen-bond acceptors (Lipinski definition) is 6. The summed E-state index contributed by atoms with van der Waals surface area (Å²) in [6.45, 7) is 9.56. The van der Waals surface area contributed by atoms with Crippen LogP contribution in [0.1, 0.15) is 35.6 Å². The van der Waals surface area contributed by atoms with Crippen molar-refractivity contribution in [3.63, 3.8) is 0 Å². The van der Waals surface area contributed by atoms with Gasteiger partial charge in [-0.05, 0) is 52.0 Å². The Bertz CT molecular complexity index is 1130. The topological polar surface area (TPSA) is 87.7 Å². The molecular formula is C21H26N4O4S. The molecule has 2 heterocycles. The zero-order chi connectivity index (χ0) is 21.7. The number of benzene rings is 1. The third kappa shape index (κ3) is 5.03. The van der Waals surface area contributed by atoms with Gasteiger partial charge in [-0.3, -0.25) is 9.48 Å². The van der Waals surface area contributed by atoms with Gasteiger partial charge in [-0.2, -0.15) is 10.1 Å². The fourth-order valence-corrected chi connectivity index (χ4v) is 4.23. The van der Waals surface area contributed by atoms with Crippen molar-refractivity contribution in [2.24, 2.45) is 4.99 Å². The summed E-state index contributed by atoms with van der Waals surface area (Å²) in [5.74, 6) is -0.656. The van der Waals surface area contributed by atoms with E-state index in [1.54, 1.807) is 23.7 Å². The minimum atomic E-state index is -0.368. The number of aryl methyl sites for hydroxylation is 2. The van der Waals surface area contributed by atoms with Crippen molar-refractivity contribution in [1.29, 1.82) is 0 Å². The summed E-state index contributed by atoms with van der Waals surface area (Å²) in [7, 11) is 0. The Morgan fingerprint density at radius 3 is 2.63 bits per heavy atom. The molecule has 0 spiro atoms. The first-order valence-electron chi connectivity index (χ1n) is 9.89. The van der Waals surface area contributed by atoms with E-state index < -0.39 is 0 Å². The smallest absolute Gasteiger partial charge is 0.338 e. The van der Waals surface area contributed by atoms with Crippen LogP contribution in [0.15, 0.2) is 29.3 Å². The highest BCUT2D eigenvalue weighted by molar-refractivity contribution is 7.16. The lowest BCUT2D eigenvalue weighted by molar-refractivity contribution is -0.118. The number of hydrogen-bond donors (Lipinski definition) is 0. The summed E-state index contributed by atoms with van der Waals surface area (Å²) in [5.41, 5.74) is 3.14. The maximum Gasteiger partial charge on any atom is 0.338 e. The van der Waals surface area contributed by atoms with Crippen LogP contribution in [-0.2, 0) is 27.4 Å². The predicted octanol–water partition coefficient (Wildman–Crippen LogP) is 2.86. The Morgan fingerprint density at radius 1 is 1.17 bits per heavy atom. The molecule has 0 radical (unpaired) electrons. The van der Waals surface area contributed by atoms with Gasteiger partial charge in [-0.25, -0.2) is 4.79 Å². The average Bonchev–Trinajstić information content (AvgIpc) is 3.20. The highest BCUT2D eigenvalue weighted by Crippen LogP contribution is 2.20. The number of fused-ring (bicyclic) bond motifs is 1. The zero-order valence-electron chi connectivity index (χ0n) is 17.7. The van der Waals surface area contributed by atoms with Crippen molar-refractivity contribution in [2.45, 2.75) is 40.8 Å². The number of thiazole rings is 1. The van der Waals surface area contributed by atoms with Crippen LogP contribution in [0.5, 0.6) is 0 Å². The molecule has 3 rings (SSSR count). The minimum absolute atomic E-state index is 0.0768. The Morgan fingerprint density at radius 2 is 1.97 bits per heavy atom. The number of nitrogens with zero attached hydrogens (tertiary/aromatic N) is 4. The third-order valence-electron chi connectivity index (χ3n) is 4.47. The van der Waals surface area contributed by atoms with E-state index in [1.807, 2.05) is 37.5 Å². The molecule has 9 heteroatoms. The van der Waals surface area contributed by atoms with Crippen molar-refractivity contribution in [3.05, 3.63) is 46.0 Å². The Kier molecular flexibility index (Phi) is 7.17. The molecule has 0 aliphatic carbocycles. The van der Waals surface area contributed by atoms with Gasteiger partial charge in [0.2, 0.25) is 0 Å². The van der Waals surface area contributed by atoms with Gasteiger partial charge in [-0.15, -0.1) is 0 Å². The van der Waals surface area contributed by atoms with Crippen molar-refractivity contribution in [1.82, 2.24) is 14.3 Å². The van der Waals surface area contributed by atoms with Crippen LogP contribution in [0.25, 0.3) is 10.2 Å². The molecule has 0 N–H and O–H groups in total. The predicted molar refractivity (Wildman–Crippen MR) is 115 cm³/mol. The van der Waals surface area contributed by atoms with E-state index >= 15 is 0 Å². The van der Waals surface area contributed by atoms with E-state index in [1.165, 1.54) is 11.3 Å². The standard InChI is InChI=1S/C21H26N4O4S/c1-5-28-10-9-24-17-8-7-16(20(27)29-6-2)12-18(17)30-21(24)22-19(26)13-25-15(4)11-14(3)23-25/h7-8,11-12H,5-6,9-10,13H2,1-4H3. The number of rotatable bonds is 8. The molecule has 3 aromatic rings. The van der Waals surface area contributed by atoms with E-state index in [2.05, 4.69) is 10.1 Å². The van der Waals surface area contributed by atoms with Gasteiger partial charge in [0, 0.05) is 18.8 Å². The first-order chi connectivity index (χ1) is 14.4. The van der Waals surface area contributed by atoms with Crippen molar-refractivity contribution in [3.8, 4) is 0 Å². The van der Waals surface area contributed by atoms with Gasteiger partial charge >= 0.3 is 5.97 Å². The first kappa shape index (κ1) is 21.9. The monoisotopic (exact) mass is 430 g/mol. The van der Waals surface area contributed by atoms with Gasteiger partial charge in [-0.1, -0.05) is 11.3 Å². The number of esters is 1. The lowest BCUT2D eigenvalue weighted by atomic mass is 10.2. The highest BCUT2D eigenvalue weighted by atomic mass is 32.1. The van der Waals surface area contributed by atoms with Crippen molar-refractivity contribution >= 4 is 33.4 Å². The molecule has 160 valence electrons. The molecule has 8 nitrogen and oxygen atoms in total. The highest BCUT2D eigenvalue weighted by Gasteiger charge is 2.13. The first-order valence-corrected chi connectivity index (χ1v) is 10.7. The number of amides is 1. The zero-order valence-corrected chi connectivity index (χ0v) is 18.5. The molecule has 0 fully saturated rings. The Balaban J connectivity index is 1.98. The van der Waals surface area contributed by atoms with Crippen molar-refractivity contribution < 1.29 is 19.1 Å². The molecule has 0 atom stereocenters. The quantitative estimate of drug-likeness (QED) is 0.405. The van der Waals surface area contributed by atoms with Crippen LogP contribution in [0.2, 0.25) is 0 Å². The molecule has 1 aromatic carbocycles. The SMILES string of the molecule is CCOCCn1c(=NC(=O)Cn2nc(C)cc2C)sc2cc(C(=O)OCC)ccc21. The van der Waals surface area contributed by atoms with E-state index in [0.717, 1.165) is 21.6 Å². The van der Waals surface area contributed by atoms with Gasteiger partial charge in [0.25, 0.3) is 5.91 Å². The average molecular weight is 431 g/mol. The van der Waals surface area contributed by atoms with E-state index in [-0.39, 0.29) is 18.4 Å². The summed E-state index contributed by atoms with van der Waals surface area (Å²) in [5, 5.41) is 4.33. The largest absolute Gasteiger partial charge is 0.462 e. The van der Waals surface area contributed by atoms with Crippen LogP contribution < -0.4 is 4.80 Å². The van der Waals surface area contributed by atoms with E-state index in [4.69, 9.17) is 9.47 Å². The fraction of sp³-hybridized carbons (Fsp3) is 0.429. The molecule has 2 aromatic heterocycles. The van der Waals surface area contributed by atoms with Gasteiger partial charge in [0.05, 0.1) is 34.7 Å². The molecule has 0 aliphatic heterocycles. The lowest BCUT2D eigenvalue weighted by Gasteiger charge is -2.06. The number of carbonyl (C=O) groups is 2. The van der Waals surface area contributed by atoms with Gasteiger partial charge in [0.1, 0.15) is 6.54 Å². The molecule has 0 saturated heterocycles. The normalized spacial score (nSPS) is 11.9. The molecule has 30 heavy (non-hydrogen) atoms. The summed E-state index contributed by atoms with van der Waals surface area (Å²) in [6, 6.07) is 7.28. The molecule has 0 unspecified atom stereocenters. The maximum absolute atomic E-state index is 12.6. The molecule has 1 amide bonds. The number of carbonyl (C=O) groups excluding carboxylic acids is 2. The third-order valence-corrected chi connectivity index (χ3v) is 5.51. The summed E-state index contributed by atoms with van der Waals surface area (Å²) >= 11 is 1.36. The molecule has 0 saturated carbocycles. The molecule has 0 bridgehead atoms. The van der Waals surface area contributed by atoms with Crippen LogP contribution in [0.4, 0.5) is 0 Å². The molecule has 0 aliphatic rings. The second-order valence-corrected chi connectivity index (χ2v) is 7.74. The number of aromatic nitrogens is 3. The van der Waals surface area contributed by atoms with E-state index in [0.29, 0.717) is 36.7 Å². The Hall–Kier alpha value is -2.78. The fourth-order valence-electron chi connectivity index (χ4n) is 3.12. The van der Waals surface area contributed by atoms with Crippen LogP contribution in [-0.4, -0.2) is 46.0 Å². The summed E-state index contributed by atoms with van der Waals surface area (Å²) in [6.07, 6.45) is 0. The minimum Gasteiger partial charge on any atom is -0.462 e. The maximum atomic E-state index is 12.6. The Labute approximate surface area is 178 Å². The van der Waals surface area contributed by atoms with E-state index in [9.17, 15) is 9.59 Å². The van der Waals surface area contributed by atoms with Gasteiger partial charge < -0.3 is 14.0 Å². The molecular weight excluding hydrogens is 404 g/mol. The summed E-state index contributed by atoms with van der Waals surface area (Å²) in [4.78, 5) is 29.6. The second kappa shape index (κ2) is 9.82. The van der Waals surface area contributed by atoms with Gasteiger partial charge in [0.15, 0.2) is 4.80 Å². The van der Waals surface area contributed by atoms with Crippen LogP contribution in [0.3, 0.4) is 0 Å². The van der Waals surface area contributed by atoms with Crippen LogP contribution >= 0.6 is 11.3 Å². The number of ether oxygens (including phenoxy) is 2. The lowest BCUT2D eigenvalue weighted by Crippen LogP contribution is -2.21. The van der Waals surface area contributed by atoms with Crippen LogP contribution in [0, 0.1) is 13.8 Å². The second-order valence-electron chi connectivity index (χ2n) is 6.73. The summed E-state index contributed by atoms with van der Waals surface area (Å²) < 4.78 is 15.0. The van der Waals surface area contributed by atoms with Crippen molar-refractivity contribution in [2.75, 3.05) is 19.8 Å².